The number of halogens is 2. The van der Waals surface area contributed by atoms with Crippen molar-refractivity contribution in [1.29, 1.82) is 0 Å². The summed E-state index contributed by atoms with van der Waals surface area (Å²) >= 11 is 6.00. The standard InChI is InChI=1S/C22H16ClFN4O4S/c23-16-7-1-2-9-19(16)28-33(31,32)14-6-3-5-13(11-14)21(29)26-27-22(30)20-12-15-17(24)8-4-10-18(15)25-20/h1-12,25,28H,(H,26,29)(H,27,30). The van der Waals surface area contributed by atoms with Crippen molar-refractivity contribution in [1.82, 2.24) is 15.8 Å². The summed E-state index contributed by atoms with van der Waals surface area (Å²) in [5.41, 5.74) is 5.05. The van der Waals surface area contributed by atoms with Crippen LogP contribution >= 0.6 is 11.6 Å². The topological polar surface area (TPSA) is 120 Å². The van der Waals surface area contributed by atoms with Crippen LogP contribution in [0.2, 0.25) is 5.02 Å². The highest BCUT2D eigenvalue weighted by Crippen LogP contribution is 2.24. The number of carbonyl (C=O) groups is 2. The Bertz CT molecular complexity index is 1490. The van der Waals surface area contributed by atoms with E-state index < -0.39 is 27.7 Å². The minimum atomic E-state index is -4.03. The minimum Gasteiger partial charge on any atom is -0.350 e. The van der Waals surface area contributed by atoms with Gasteiger partial charge in [-0.05, 0) is 48.5 Å². The van der Waals surface area contributed by atoms with E-state index in [4.69, 9.17) is 11.6 Å². The molecule has 33 heavy (non-hydrogen) atoms. The van der Waals surface area contributed by atoms with E-state index >= 15 is 0 Å². The molecule has 168 valence electrons. The number of hydrogen-bond donors (Lipinski definition) is 4. The zero-order valence-corrected chi connectivity index (χ0v) is 18.3. The van der Waals surface area contributed by atoms with Gasteiger partial charge < -0.3 is 4.98 Å². The maximum atomic E-state index is 13.8. The average Bonchev–Trinajstić information content (AvgIpc) is 3.25. The van der Waals surface area contributed by atoms with Crippen LogP contribution in [-0.4, -0.2) is 25.2 Å². The van der Waals surface area contributed by atoms with E-state index in [1.807, 2.05) is 0 Å². The number of aromatic nitrogens is 1. The average molecular weight is 487 g/mol. The molecular formula is C22H16ClFN4O4S. The number of para-hydroxylation sites is 1. The zero-order valence-electron chi connectivity index (χ0n) is 16.7. The molecule has 0 aliphatic rings. The molecule has 0 aliphatic heterocycles. The summed E-state index contributed by atoms with van der Waals surface area (Å²) in [5.74, 6) is -1.95. The molecule has 4 N–H and O–H groups in total. The summed E-state index contributed by atoms with van der Waals surface area (Å²) in [6, 6.07) is 17.2. The number of benzene rings is 3. The molecule has 8 nitrogen and oxygen atoms in total. The lowest BCUT2D eigenvalue weighted by Gasteiger charge is -2.11. The molecular weight excluding hydrogens is 471 g/mol. The highest BCUT2D eigenvalue weighted by molar-refractivity contribution is 7.92. The maximum Gasteiger partial charge on any atom is 0.286 e. The van der Waals surface area contributed by atoms with Gasteiger partial charge in [0.15, 0.2) is 0 Å². The fourth-order valence-corrected chi connectivity index (χ4v) is 4.41. The molecule has 0 saturated carbocycles. The summed E-state index contributed by atoms with van der Waals surface area (Å²) in [6.45, 7) is 0. The van der Waals surface area contributed by atoms with Gasteiger partial charge in [-0.1, -0.05) is 35.9 Å². The third-order valence-electron chi connectivity index (χ3n) is 4.67. The van der Waals surface area contributed by atoms with E-state index in [-0.39, 0.29) is 32.2 Å². The van der Waals surface area contributed by atoms with Gasteiger partial charge >= 0.3 is 0 Å². The van der Waals surface area contributed by atoms with Crippen LogP contribution in [-0.2, 0) is 10.0 Å². The molecule has 1 aromatic heterocycles. The van der Waals surface area contributed by atoms with Gasteiger partial charge in [0, 0.05) is 16.5 Å². The Balaban J connectivity index is 1.46. The molecule has 11 heteroatoms. The molecule has 0 spiro atoms. The third kappa shape index (κ3) is 4.81. The lowest BCUT2D eigenvalue weighted by Crippen LogP contribution is -2.41. The van der Waals surface area contributed by atoms with E-state index in [0.717, 1.165) is 6.07 Å². The second-order valence-corrected chi connectivity index (χ2v) is 9.00. The molecule has 0 fully saturated rings. The van der Waals surface area contributed by atoms with Crippen molar-refractivity contribution in [2.45, 2.75) is 4.90 Å². The fraction of sp³-hybridized carbons (Fsp3) is 0. The minimum absolute atomic E-state index is 0.0139. The predicted octanol–water partition coefficient (Wildman–Crippen LogP) is 3.84. The van der Waals surface area contributed by atoms with Gasteiger partial charge in [0.05, 0.1) is 15.6 Å². The van der Waals surface area contributed by atoms with Gasteiger partial charge in [0.25, 0.3) is 21.8 Å². The van der Waals surface area contributed by atoms with Gasteiger partial charge in [-0.2, -0.15) is 0 Å². The molecule has 0 aliphatic carbocycles. The van der Waals surface area contributed by atoms with Gasteiger partial charge in [-0.15, -0.1) is 0 Å². The van der Waals surface area contributed by atoms with Gasteiger partial charge in [0.2, 0.25) is 0 Å². The van der Waals surface area contributed by atoms with Crippen molar-refractivity contribution in [3.05, 3.63) is 94.9 Å². The lowest BCUT2D eigenvalue weighted by atomic mass is 10.2. The van der Waals surface area contributed by atoms with E-state index in [1.165, 1.54) is 48.5 Å². The summed E-state index contributed by atoms with van der Waals surface area (Å²) in [6.07, 6.45) is 0. The number of rotatable bonds is 5. The number of hydrogen-bond acceptors (Lipinski definition) is 4. The number of nitrogens with one attached hydrogen (secondary N) is 4. The van der Waals surface area contributed by atoms with E-state index in [1.54, 1.807) is 18.2 Å². The van der Waals surface area contributed by atoms with E-state index in [0.29, 0.717) is 5.52 Å². The highest BCUT2D eigenvalue weighted by Gasteiger charge is 2.18. The van der Waals surface area contributed by atoms with Crippen LogP contribution in [0, 0.1) is 5.82 Å². The van der Waals surface area contributed by atoms with Crippen LogP contribution < -0.4 is 15.6 Å². The molecule has 2 amide bonds. The van der Waals surface area contributed by atoms with Gasteiger partial charge in [0.1, 0.15) is 11.5 Å². The van der Waals surface area contributed by atoms with Crippen LogP contribution in [0.3, 0.4) is 0 Å². The number of anilines is 1. The summed E-state index contributed by atoms with van der Waals surface area (Å²) in [7, 11) is -4.03. The van der Waals surface area contributed by atoms with Crippen LogP contribution in [0.1, 0.15) is 20.8 Å². The number of aromatic amines is 1. The maximum absolute atomic E-state index is 13.8. The number of hydrazine groups is 1. The monoisotopic (exact) mass is 486 g/mol. The third-order valence-corrected chi connectivity index (χ3v) is 6.36. The van der Waals surface area contributed by atoms with Crippen LogP contribution in [0.5, 0.6) is 0 Å². The van der Waals surface area contributed by atoms with Crippen molar-refractivity contribution in [3.63, 3.8) is 0 Å². The van der Waals surface area contributed by atoms with Crippen molar-refractivity contribution >= 4 is 50.0 Å². The van der Waals surface area contributed by atoms with Crippen molar-refractivity contribution < 1.29 is 22.4 Å². The first kappa shape index (κ1) is 22.3. The Morgan fingerprint density at radius 2 is 1.61 bits per heavy atom. The molecule has 3 aromatic carbocycles. The quantitative estimate of drug-likeness (QED) is 0.320. The molecule has 0 radical (unpaired) electrons. The summed E-state index contributed by atoms with van der Waals surface area (Å²) in [5, 5.41) is 0.451. The first-order valence-corrected chi connectivity index (χ1v) is 11.4. The molecule has 0 atom stereocenters. The highest BCUT2D eigenvalue weighted by atomic mass is 35.5. The van der Waals surface area contributed by atoms with Crippen molar-refractivity contribution in [2.75, 3.05) is 4.72 Å². The lowest BCUT2D eigenvalue weighted by molar-refractivity contribution is 0.0844. The van der Waals surface area contributed by atoms with E-state index in [9.17, 15) is 22.4 Å². The number of sulfonamides is 1. The Labute approximate surface area is 192 Å². The molecule has 1 heterocycles. The van der Waals surface area contributed by atoms with Crippen LogP contribution in [0.25, 0.3) is 10.9 Å². The zero-order chi connectivity index (χ0) is 23.6. The normalized spacial score (nSPS) is 11.2. The Hall–Kier alpha value is -3.89. The smallest absolute Gasteiger partial charge is 0.286 e. The first-order chi connectivity index (χ1) is 15.7. The molecule has 4 rings (SSSR count). The molecule has 4 aromatic rings. The molecule has 0 unspecified atom stereocenters. The Kier molecular flexibility index (Phi) is 6.03. The molecule has 0 bridgehead atoms. The number of carbonyl (C=O) groups excluding carboxylic acids is 2. The molecule has 0 saturated heterocycles. The summed E-state index contributed by atoms with van der Waals surface area (Å²) < 4.78 is 41.5. The van der Waals surface area contributed by atoms with Crippen LogP contribution in [0.4, 0.5) is 10.1 Å². The van der Waals surface area contributed by atoms with E-state index in [2.05, 4.69) is 20.6 Å². The number of amides is 2. The Morgan fingerprint density at radius 3 is 2.36 bits per heavy atom. The first-order valence-electron chi connectivity index (χ1n) is 9.50. The summed E-state index contributed by atoms with van der Waals surface area (Å²) in [4.78, 5) is 27.4. The van der Waals surface area contributed by atoms with Crippen molar-refractivity contribution in [2.24, 2.45) is 0 Å². The second-order valence-electron chi connectivity index (χ2n) is 6.91. The van der Waals surface area contributed by atoms with Crippen molar-refractivity contribution in [3.8, 4) is 0 Å². The number of fused-ring (bicyclic) bond motifs is 1. The van der Waals surface area contributed by atoms with Gasteiger partial charge in [-0.3, -0.25) is 25.2 Å². The second kappa shape index (κ2) is 8.93. The SMILES string of the molecule is O=C(NNC(=O)c1cc2c(F)cccc2[nH]1)c1cccc(S(=O)(=O)Nc2ccccc2Cl)c1. The Morgan fingerprint density at radius 1 is 0.879 bits per heavy atom. The van der Waals surface area contributed by atoms with Gasteiger partial charge in [-0.25, -0.2) is 12.8 Å². The largest absolute Gasteiger partial charge is 0.350 e. The van der Waals surface area contributed by atoms with Crippen LogP contribution in [0.15, 0.2) is 77.7 Å². The fourth-order valence-electron chi connectivity index (χ4n) is 3.05. The number of H-pyrrole nitrogens is 1. The predicted molar refractivity (Wildman–Crippen MR) is 122 cm³/mol.